The summed E-state index contributed by atoms with van der Waals surface area (Å²) in [5.74, 6) is 0. The smallest absolute Gasteiger partial charge is 0.265 e. The normalized spacial score (nSPS) is 10.7. The molecule has 7 heteroatoms. The average Bonchev–Trinajstić information content (AvgIpc) is 2.39. The van der Waals surface area contributed by atoms with Crippen molar-refractivity contribution in [3.05, 3.63) is 53.3 Å². The van der Waals surface area contributed by atoms with Crippen LogP contribution in [-0.4, -0.2) is 13.4 Å². The topological polar surface area (TPSA) is 82.9 Å². The fourth-order valence-corrected chi connectivity index (χ4v) is 2.97. The van der Waals surface area contributed by atoms with Gasteiger partial charge in [0.05, 0.1) is 11.3 Å². The highest BCUT2D eigenvalue weighted by molar-refractivity contribution is 7.92. The fourth-order valence-electron chi connectivity index (χ4n) is 1.44. The summed E-state index contributed by atoms with van der Waals surface area (Å²) in [7, 11) is -3.87. The van der Waals surface area contributed by atoms with E-state index in [9.17, 15) is 8.42 Å². The first-order valence-electron chi connectivity index (χ1n) is 5.17. The van der Waals surface area contributed by atoms with Crippen molar-refractivity contribution in [2.24, 2.45) is 0 Å². The Morgan fingerprint density at radius 3 is 2.63 bits per heavy atom. The lowest BCUT2D eigenvalue weighted by molar-refractivity contribution is 0.601. The molecule has 96 valence electrons. The molecule has 1 aromatic heterocycles. The van der Waals surface area contributed by atoms with Crippen LogP contribution in [0.1, 0.15) is 5.56 Å². The molecule has 2 aromatic rings. The number of hydrogen-bond donors (Lipinski definition) is 1. The van der Waals surface area contributed by atoms with Crippen LogP contribution in [0.15, 0.2) is 47.5 Å². The molecule has 0 aliphatic rings. The second kappa shape index (κ2) is 5.26. The van der Waals surface area contributed by atoms with Gasteiger partial charge < -0.3 is 0 Å². The Balaban J connectivity index is 2.44. The van der Waals surface area contributed by atoms with Crippen molar-refractivity contribution in [1.82, 2.24) is 4.98 Å². The number of anilines is 1. The van der Waals surface area contributed by atoms with Gasteiger partial charge in [0.25, 0.3) is 10.0 Å². The number of halogens is 1. The molecule has 0 amide bonds. The molecule has 0 fully saturated rings. The maximum Gasteiger partial charge on any atom is 0.265 e. The van der Waals surface area contributed by atoms with Crippen molar-refractivity contribution in [3.8, 4) is 6.07 Å². The molecule has 0 atom stereocenters. The van der Waals surface area contributed by atoms with Crippen LogP contribution in [-0.2, 0) is 10.0 Å². The van der Waals surface area contributed by atoms with E-state index in [1.807, 2.05) is 6.07 Å². The van der Waals surface area contributed by atoms with Crippen LogP contribution in [0.25, 0.3) is 0 Å². The van der Waals surface area contributed by atoms with Crippen molar-refractivity contribution in [1.29, 1.82) is 5.26 Å². The SMILES string of the molecule is N#Cc1ccccc1NS(=O)(=O)c1cccnc1Cl. The molecule has 0 radical (unpaired) electrons. The van der Waals surface area contributed by atoms with E-state index in [1.165, 1.54) is 30.5 Å². The van der Waals surface area contributed by atoms with Gasteiger partial charge in [0.1, 0.15) is 16.1 Å². The van der Waals surface area contributed by atoms with Crippen LogP contribution in [0, 0.1) is 11.3 Å². The van der Waals surface area contributed by atoms with Gasteiger partial charge in [-0.2, -0.15) is 5.26 Å². The van der Waals surface area contributed by atoms with E-state index in [2.05, 4.69) is 9.71 Å². The number of para-hydroxylation sites is 1. The van der Waals surface area contributed by atoms with Gasteiger partial charge in [-0.05, 0) is 24.3 Å². The van der Waals surface area contributed by atoms with E-state index in [0.29, 0.717) is 0 Å². The summed E-state index contributed by atoms with van der Waals surface area (Å²) in [5.41, 5.74) is 0.427. The van der Waals surface area contributed by atoms with Crippen LogP contribution in [0.4, 0.5) is 5.69 Å². The first-order chi connectivity index (χ1) is 9.04. The number of benzene rings is 1. The number of pyridine rings is 1. The van der Waals surface area contributed by atoms with Gasteiger partial charge in [-0.25, -0.2) is 13.4 Å². The maximum atomic E-state index is 12.1. The maximum absolute atomic E-state index is 12.1. The minimum Gasteiger partial charge on any atom is -0.278 e. The lowest BCUT2D eigenvalue weighted by Gasteiger charge is -2.09. The summed E-state index contributed by atoms with van der Waals surface area (Å²) in [6.45, 7) is 0. The number of nitriles is 1. The second-order valence-electron chi connectivity index (χ2n) is 3.56. The zero-order chi connectivity index (χ0) is 13.9. The van der Waals surface area contributed by atoms with Gasteiger partial charge in [0.15, 0.2) is 0 Å². The monoisotopic (exact) mass is 293 g/mol. The molecule has 2 rings (SSSR count). The molecule has 0 aliphatic carbocycles. The van der Waals surface area contributed by atoms with E-state index in [-0.39, 0.29) is 21.3 Å². The van der Waals surface area contributed by atoms with E-state index in [4.69, 9.17) is 16.9 Å². The summed E-state index contributed by atoms with van der Waals surface area (Å²) in [4.78, 5) is 3.58. The molecule has 19 heavy (non-hydrogen) atoms. The fraction of sp³-hybridized carbons (Fsp3) is 0. The molecule has 0 spiro atoms. The average molecular weight is 294 g/mol. The van der Waals surface area contributed by atoms with Crippen molar-refractivity contribution >= 4 is 27.3 Å². The van der Waals surface area contributed by atoms with Crippen molar-refractivity contribution in [2.45, 2.75) is 4.90 Å². The van der Waals surface area contributed by atoms with Crippen molar-refractivity contribution < 1.29 is 8.42 Å². The summed E-state index contributed by atoms with van der Waals surface area (Å²) in [5, 5.41) is 8.80. The van der Waals surface area contributed by atoms with Crippen LogP contribution < -0.4 is 4.72 Å². The number of sulfonamides is 1. The first kappa shape index (κ1) is 13.3. The molecule has 1 aromatic carbocycles. The molecule has 0 unspecified atom stereocenters. The minimum atomic E-state index is -3.87. The molecule has 0 saturated heterocycles. The van der Waals surface area contributed by atoms with E-state index >= 15 is 0 Å². The minimum absolute atomic E-state index is 0.121. The Bertz CT molecular complexity index is 754. The number of rotatable bonds is 3. The highest BCUT2D eigenvalue weighted by Crippen LogP contribution is 2.23. The molecule has 0 saturated carbocycles. The first-order valence-corrected chi connectivity index (χ1v) is 7.03. The third-order valence-corrected chi connectivity index (χ3v) is 4.12. The number of nitrogens with zero attached hydrogens (tertiary/aromatic N) is 2. The van der Waals surface area contributed by atoms with Gasteiger partial charge in [-0.3, -0.25) is 4.72 Å². The Hall–Kier alpha value is -2.10. The highest BCUT2D eigenvalue weighted by Gasteiger charge is 2.19. The van der Waals surface area contributed by atoms with E-state index in [1.54, 1.807) is 12.1 Å². The predicted molar refractivity (Wildman–Crippen MR) is 71.2 cm³/mol. The summed E-state index contributed by atoms with van der Waals surface area (Å²) in [6.07, 6.45) is 1.39. The molecule has 1 heterocycles. The van der Waals surface area contributed by atoms with Crippen LogP contribution in [0.3, 0.4) is 0 Å². The Labute approximate surface area is 115 Å². The third-order valence-electron chi connectivity index (χ3n) is 2.31. The summed E-state index contributed by atoms with van der Waals surface area (Å²) < 4.78 is 26.6. The largest absolute Gasteiger partial charge is 0.278 e. The number of nitrogens with one attached hydrogen (secondary N) is 1. The zero-order valence-electron chi connectivity index (χ0n) is 9.54. The van der Waals surface area contributed by atoms with Crippen LogP contribution in [0.2, 0.25) is 5.15 Å². The van der Waals surface area contributed by atoms with Crippen molar-refractivity contribution in [2.75, 3.05) is 4.72 Å². The Morgan fingerprint density at radius 2 is 1.95 bits per heavy atom. The second-order valence-corrected chi connectivity index (χ2v) is 5.56. The Kier molecular flexibility index (Phi) is 3.69. The number of aromatic nitrogens is 1. The van der Waals surface area contributed by atoms with Crippen LogP contribution >= 0.6 is 11.6 Å². The zero-order valence-corrected chi connectivity index (χ0v) is 11.1. The third kappa shape index (κ3) is 2.84. The van der Waals surface area contributed by atoms with Gasteiger partial charge in [-0.1, -0.05) is 23.7 Å². The molecule has 0 aliphatic heterocycles. The molecule has 1 N–H and O–H groups in total. The van der Waals surface area contributed by atoms with Crippen LogP contribution in [0.5, 0.6) is 0 Å². The quantitative estimate of drug-likeness (QED) is 0.881. The highest BCUT2D eigenvalue weighted by atomic mass is 35.5. The summed E-state index contributed by atoms with van der Waals surface area (Å²) >= 11 is 5.75. The van der Waals surface area contributed by atoms with Gasteiger partial charge >= 0.3 is 0 Å². The lowest BCUT2D eigenvalue weighted by atomic mass is 10.2. The van der Waals surface area contributed by atoms with E-state index in [0.717, 1.165) is 0 Å². The standard InChI is InChI=1S/C12H8ClN3O2S/c13-12-11(6-3-7-15-12)19(17,18)16-10-5-2-1-4-9(10)8-14/h1-7,16H. The van der Waals surface area contributed by atoms with Crippen molar-refractivity contribution in [3.63, 3.8) is 0 Å². The summed E-state index contributed by atoms with van der Waals surface area (Å²) in [6, 6.07) is 11.0. The van der Waals surface area contributed by atoms with Gasteiger partial charge in [0.2, 0.25) is 0 Å². The van der Waals surface area contributed by atoms with Gasteiger partial charge in [0, 0.05) is 6.20 Å². The number of hydrogen-bond acceptors (Lipinski definition) is 4. The molecule has 5 nitrogen and oxygen atoms in total. The Morgan fingerprint density at radius 1 is 1.21 bits per heavy atom. The molecular formula is C12H8ClN3O2S. The lowest BCUT2D eigenvalue weighted by Crippen LogP contribution is -2.14. The predicted octanol–water partition coefficient (Wildman–Crippen LogP) is 2.41. The van der Waals surface area contributed by atoms with Gasteiger partial charge in [-0.15, -0.1) is 0 Å². The van der Waals surface area contributed by atoms with E-state index < -0.39 is 10.0 Å². The molecule has 0 bridgehead atoms. The molecular weight excluding hydrogens is 286 g/mol.